The van der Waals surface area contributed by atoms with Gasteiger partial charge in [-0.15, -0.1) is 6.58 Å². The smallest absolute Gasteiger partial charge is 0.246 e. The summed E-state index contributed by atoms with van der Waals surface area (Å²) in [6.45, 7) is 7.56. The second kappa shape index (κ2) is 6.57. The molecule has 21 heavy (non-hydrogen) atoms. The van der Waals surface area contributed by atoms with Crippen molar-refractivity contribution in [1.29, 1.82) is 0 Å². The number of carbonyl (C=O) groups is 2. The van der Waals surface area contributed by atoms with E-state index in [1.165, 1.54) is 0 Å². The molecule has 1 N–H and O–H groups in total. The number of piperazine rings is 1. The molecule has 3 unspecified atom stereocenters. The Kier molecular flexibility index (Phi) is 4.78. The molecule has 4 nitrogen and oxygen atoms in total. The number of amides is 2. The standard InChI is InChI=1S/C17H22N2O2/c1-4-12(3)19-15(5-2)16(20)18-14(17(19)21)11-13-9-7-6-8-10-13/h4,6-10,12,14-15H,1,5,11H2,2-3H3,(H,18,20). The Morgan fingerprint density at radius 3 is 2.57 bits per heavy atom. The first-order valence-electron chi connectivity index (χ1n) is 7.37. The molecular weight excluding hydrogens is 264 g/mol. The van der Waals surface area contributed by atoms with Crippen LogP contribution in [0.5, 0.6) is 0 Å². The van der Waals surface area contributed by atoms with Gasteiger partial charge in [0, 0.05) is 12.5 Å². The average molecular weight is 286 g/mol. The fourth-order valence-corrected chi connectivity index (χ4v) is 2.76. The summed E-state index contributed by atoms with van der Waals surface area (Å²) in [6.07, 6.45) is 2.83. The van der Waals surface area contributed by atoms with E-state index in [1.54, 1.807) is 11.0 Å². The van der Waals surface area contributed by atoms with Crippen LogP contribution in [0.25, 0.3) is 0 Å². The van der Waals surface area contributed by atoms with Crippen molar-refractivity contribution >= 4 is 11.8 Å². The second-order valence-electron chi connectivity index (χ2n) is 5.40. The van der Waals surface area contributed by atoms with E-state index in [4.69, 9.17) is 0 Å². The molecule has 1 aromatic rings. The highest BCUT2D eigenvalue weighted by atomic mass is 16.2. The minimum absolute atomic E-state index is 0.0299. The Morgan fingerprint density at radius 2 is 2.00 bits per heavy atom. The summed E-state index contributed by atoms with van der Waals surface area (Å²) in [6, 6.07) is 8.69. The van der Waals surface area contributed by atoms with Crippen LogP contribution in [0.1, 0.15) is 25.8 Å². The molecule has 0 aliphatic carbocycles. The number of hydrogen-bond donors (Lipinski definition) is 1. The first-order valence-corrected chi connectivity index (χ1v) is 7.37. The van der Waals surface area contributed by atoms with E-state index in [2.05, 4.69) is 11.9 Å². The average Bonchev–Trinajstić information content (AvgIpc) is 2.50. The Bertz CT molecular complexity index is 527. The van der Waals surface area contributed by atoms with Crippen LogP contribution in [0, 0.1) is 0 Å². The molecule has 0 radical (unpaired) electrons. The van der Waals surface area contributed by atoms with Crippen LogP contribution in [0.2, 0.25) is 0 Å². The summed E-state index contributed by atoms with van der Waals surface area (Å²) in [7, 11) is 0. The van der Waals surface area contributed by atoms with Crippen molar-refractivity contribution in [2.45, 2.75) is 44.8 Å². The summed E-state index contributed by atoms with van der Waals surface area (Å²) in [5.41, 5.74) is 1.04. The number of carbonyl (C=O) groups excluding carboxylic acids is 2. The van der Waals surface area contributed by atoms with Gasteiger partial charge >= 0.3 is 0 Å². The monoisotopic (exact) mass is 286 g/mol. The third-order valence-electron chi connectivity index (χ3n) is 3.96. The molecule has 2 rings (SSSR count). The molecule has 112 valence electrons. The first kappa shape index (κ1) is 15.3. The van der Waals surface area contributed by atoms with Crippen molar-refractivity contribution in [3.63, 3.8) is 0 Å². The summed E-state index contributed by atoms with van der Waals surface area (Å²) in [4.78, 5) is 26.6. The zero-order valence-corrected chi connectivity index (χ0v) is 12.6. The van der Waals surface area contributed by atoms with Crippen molar-refractivity contribution in [1.82, 2.24) is 10.2 Å². The van der Waals surface area contributed by atoms with E-state index in [0.717, 1.165) is 5.56 Å². The molecule has 1 aromatic carbocycles. The lowest BCUT2D eigenvalue weighted by molar-refractivity contribution is -0.150. The highest BCUT2D eigenvalue weighted by molar-refractivity contribution is 5.97. The topological polar surface area (TPSA) is 49.4 Å². The van der Waals surface area contributed by atoms with Gasteiger partial charge in [-0.05, 0) is 18.9 Å². The normalized spacial score (nSPS) is 23.6. The number of benzene rings is 1. The van der Waals surface area contributed by atoms with Crippen molar-refractivity contribution < 1.29 is 9.59 Å². The van der Waals surface area contributed by atoms with Gasteiger partial charge in [0.25, 0.3) is 0 Å². The maximum absolute atomic E-state index is 12.7. The SMILES string of the molecule is C=CC(C)N1C(=O)C(Cc2ccccc2)NC(=O)C1CC. The number of nitrogens with one attached hydrogen (secondary N) is 1. The molecule has 1 saturated heterocycles. The Labute approximate surface area is 125 Å². The van der Waals surface area contributed by atoms with Crippen LogP contribution in [0.15, 0.2) is 43.0 Å². The molecule has 1 aliphatic heterocycles. The van der Waals surface area contributed by atoms with Crippen molar-refractivity contribution in [3.8, 4) is 0 Å². The minimum Gasteiger partial charge on any atom is -0.342 e. The summed E-state index contributed by atoms with van der Waals surface area (Å²) >= 11 is 0. The number of hydrogen-bond acceptors (Lipinski definition) is 2. The van der Waals surface area contributed by atoms with E-state index >= 15 is 0 Å². The molecule has 1 heterocycles. The molecule has 0 saturated carbocycles. The predicted octanol–water partition coefficient (Wildman–Crippen LogP) is 1.91. The molecule has 0 bridgehead atoms. The summed E-state index contributed by atoms with van der Waals surface area (Å²) in [5.74, 6) is -0.107. The van der Waals surface area contributed by atoms with Gasteiger partial charge < -0.3 is 10.2 Å². The predicted molar refractivity (Wildman–Crippen MR) is 82.7 cm³/mol. The van der Waals surface area contributed by atoms with Crippen LogP contribution < -0.4 is 5.32 Å². The van der Waals surface area contributed by atoms with Crippen molar-refractivity contribution in [2.24, 2.45) is 0 Å². The number of rotatable bonds is 5. The fourth-order valence-electron chi connectivity index (χ4n) is 2.76. The van der Waals surface area contributed by atoms with Crippen LogP contribution >= 0.6 is 0 Å². The quantitative estimate of drug-likeness (QED) is 0.841. The van der Waals surface area contributed by atoms with E-state index in [9.17, 15) is 9.59 Å². The van der Waals surface area contributed by atoms with Gasteiger partial charge in [0.2, 0.25) is 11.8 Å². The second-order valence-corrected chi connectivity index (χ2v) is 5.40. The van der Waals surface area contributed by atoms with Gasteiger partial charge in [0.05, 0.1) is 0 Å². The molecule has 0 aromatic heterocycles. The third kappa shape index (κ3) is 3.15. The van der Waals surface area contributed by atoms with Crippen molar-refractivity contribution in [2.75, 3.05) is 0 Å². The maximum atomic E-state index is 12.7. The lowest BCUT2D eigenvalue weighted by Crippen LogP contribution is -2.65. The van der Waals surface area contributed by atoms with E-state index < -0.39 is 12.1 Å². The number of nitrogens with zero attached hydrogens (tertiary/aromatic N) is 1. The Balaban J connectivity index is 2.22. The molecule has 4 heteroatoms. The summed E-state index contributed by atoms with van der Waals surface area (Å²) < 4.78 is 0. The fraction of sp³-hybridized carbons (Fsp3) is 0.412. The molecule has 1 aliphatic rings. The van der Waals surface area contributed by atoms with E-state index in [-0.39, 0.29) is 17.9 Å². The highest BCUT2D eigenvalue weighted by Gasteiger charge is 2.40. The zero-order valence-electron chi connectivity index (χ0n) is 12.6. The van der Waals surface area contributed by atoms with E-state index in [1.807, 2.05) is 44.2 Å². The van der Waals surface area contributed by atoms with Gasteiger partial charge in [0.1, 0.15) is 12.1 Å². The molecule has 1 fully saturated rings. The molecule has 0 spiro atoms. The lowest BCUT2D eigenvalue weighted by Gasteiger charge is -2.41. The Hall–Kier alpha value is -2.10. The van der Waals surface area contributed by atoms with Gasteiger partial charge in [-0.1, -0.05) is 43.3 Å². The minimum atomic E-state index is -0.495. The zero-order chi connectivity index (χ0) is 15.4. The first-order chi connectivity index (χ1) is 10.1. The maximum Gasteiger partial charge on any atom is 0.246 e. The summed E-state index contributed by atoms with van der Waals surface area (Å²) in [5, 5.41) is 2.86. The molecule has 2 amide bonds. The van der Waals surface area contributed by atoms with Crippen LogP contribution in [0.3, 0.4) is 0 Å². The van der Waals surface area contributed by atoms with Crippen LogP contribution in [-0.2, 0) is 16.0 Å². The highest BCUT2D eigenvalue weighted by Crippen LogP contribution is 2.19. The van der Waals surface area contributed by atoms with Crippen LogP contribution in [-0.4, -0.2) is 34.8 Å². The van der Waals surface area contributed by atoms with Gasteiger partial charge in [0.15, 0.2) is 0 Å². The van der Waals surface area contributed by atoms with Gasteiger partial charge in [-0.25, -0.2) is 0 Å². The largest absolute Gasteiger partial charge is 0.342 e. The van der Waals surface area contributed by atoms with Gasteiger partial charge in [-0.2, -0.15) is 0 Å². The van der Waals surface area contributed by atoms with E-state index in [0.29, 0.717) is 12.8 Å². The molecule has 3 atom stereocenters. The third-order valence-corrected chi connectivity index (χ3v) is 3.96. The van der Waals surface area contributed by atoms with Gasteiger partial charge in [-0.3, -0.25) is 9.59 Å². The Morgan fingerprint density at radius 1 is 1.33 bits per heavy atom. The lowest BCUT2D eigenvalue weighted by atomic mass is 9.97. The molecular formula is C17H22N2O2. The van der Waals surface area contributed by atoms with Crippen LogP contribution in [0.4, 0.5) is 0 Å². The van der Waals surface area contributed by atoms with Crippen molar-refractivity contribution in [3.05, 3.63) is 48.6 Å².